The predicted octanol–water partition coefficient (Wildman–Crippen LogP) is 1.78. The van der Waals surface area contributed by atoms with E-state index in [1.165, 1.54) is 12.0 Å². The van der Waals surface area contributed by atoms with Crippen molar-refractivity contribution in [3.63, 3.8) is 0 Å². The van der Waals surface area contributed by atoms with Crippen molar-refractivity contribution in [2.24, 2.45) is 0 Å². The van der Waals surface area contributed by atoms with Gasteiger partial charge in [-0.3, -0.25) is 4.79 Å². The van der Waals surface area contributed by atoms with Gasteiger partial charge in [0.25, 0.3) is 5.91 Å². The molecule has 0 spiro atoms. The van der Waals surface area contributed by atoms with Crippen molar-refractivity contribution in [1.82, 2.24) is 9.80 Å². The first kappa shape index (κ1) is 20.7. The van der Waals surface area contributed by atoms with Gasteiger partial charge in [0.1, 0.15) is 13.2 Å². The number of esters is 1. The molecule has 2 heterocycles. The molecule has 8 nitrogen and oxygen atoms in total. The van der Waals surface area contributed by atoms with Crippen LogP contribution in [0.15, 0.2) is 30.3 Å². The molecule has 2 saturated heterocycles. The first-order valence-electron chi connectivity index (χ1n) is 8.56. The molecule has 0 bridgehead atoms. The van der Waals surface area contributed by atoms with E-state index in [0.29, 0.717) is 25.9 Å². The molecule has 0 aromatic heterocycles. The number of carbonyl (C=O) groups excluding carboxylic acids is 3. The Kier molecular flexibility index (Phi) is 7.18. The molecule has 0 radical (unpaired) electrons. The van der Waals surface area contributed by atoms with Crippen molar-refractivity contribution < 1.29 is 28.6 Å². The Hall–Kier alpha value is -2.61. The fourth-order valence-corrected chi connectivity index (χ4v) is 3.25. The van der Waals surface area contributed by atoms with Crippen LogP contribution in [0.3, 0.4) is 0 Å². The smallest absolute Gasteiger partial charge is 0.410 e. The summed E-state index contributed by atoms with van der Waals surface area (Å²) < 4.78 is 15.3. The van der Waals surface area contributed by atoms with Gasteiger partial charge in [-0.1, -0.05) is 37.8 Å². The lowest BCUT2D eigenvalue weighted by molar-refractivity contribution is -0.162. The van der Waals surface area contributed by atoms with Crippen LogP contribution in [-0.4, -0.2) is 66.8 Å². The van der Waals surface area contributed by atoms with Crippen molar-refractivity contribution in [3.8, 4) is 0 Å². The van der Waals surface area contributed by atoms with Crippen LogP contribution >= 0.6 is 0 Å². The van der Waals surface area contributed by atoms with Crippen molar-refractivity contribution in [2.45, 2.75) is 39.1 Å². The third-order valence-corrected chi connectivity index (χ3v) is 4.63. The van der Waals surface area contributed by atoms with Gasteiger partial charge in [0.15, 0.2) is 0 Å². The highest BCUT2D eigenvalue weighted by Gasteiger charge is 2.43. The van der Waals surface area contributed by atoms with E-state index in [-0.39, 0.29) is 38.7 Å². The van der Waals surface area contributed by atoms with Crippen LogP contribution in [0.4, 0.5) is 4.79 Å². The summed E-state index contributed by atoms with van der Waals surface area (Å²) >= 11 is 0. The molecule has 8 heteroatoms. The molecule has 1 atom stereocenters. The van der Waals surface area contributed by atoms with Crippen LogP contribution in [-0.2, 0) is 30.4 Å². The first-order valence-corrected chi connectivity index (χ1v) is 8.56. The number of methoxy groups -OCH3 is 1. The van der Waals surface area contributed by atoms with Crippen molar-refractivity contribution in [1.29, 1.82) is 0 Å². The molecule has 1 aromatic rings. The zero-order valence-corrected chi connectivity index (χ0v) is 14.6. The second-order valence-electron chi connectivity index (χ2n) is 6.25. The van der Waals surface area contributed by atoms with Gasteiger partial charge in [0.2, 0.25) is 6.23 Å². The van der Waals surface area contributed by atoms with Gasteiger partial charge in [-0.2, -0.15) is 0 Å². The summed E-state index contributed by atoms with van der Waals surface area (Å²) in [6, 6.07) is 9.31. The zero-order chi connectivity index (χ0) is 18.5. The molecule has 0 N–H and O–H groups in total. The van der Waals surface area contributed by atoms with Gasteiger partial charge in [-0.25, -0.2) is 9.59 Å². The number of benzene rings is 1. The first-order chi connectivity index (χ1) is 12.6. The average Bonchev–Trinajstić information content (AvgIpc) is 3.08. The number of piperidine rings is 1. The van der Waals surface area contributed by atoms with Crippen molar-refractivity contribution in [2.75, 3.05) is 26.8 Å². The molecule has 0 unspecified atom stereocenters. The topological polar surface area (TPSA) is 85.4 Å². The Bertz CT molecular complexity index is 657. The summed E-state index contributed by atoms with van der Waals surface area (Å²) in [5.74, 6) is -0.814. The maximum Gasteiger partial charge on any atom is 0.410 e. The summed E-state index contributed by atoms with van der Waals surface area (Å²) in [5, 5.41) is 0. The number of hydrogen-bond donors (Lipinski definition) is 0. The highest BCUT2D eigenvalue weighted by Crippen LogP contribution is 2.24. The van der Waals surface area contributed by atoms with Crippen LogP contribution in [0.2, 0.25) is 0 Å². The molecule has 2 aliphatic rings. The highest BCUT2D eigenvalue weighted by molar-refractivity contribution is 5.87. The Balaban J connectivity index is 0.00000261. The summed E-state index contributed by atoms with van der Waals surface area (Å²) in [7, 11) is 1.26. The molecule has 0 aliphatic carbocycles. The second-order valence-corrected chi connectivity index (χ2v) is 6.25. The minimum Gasteiger partial charge on any atom is -0.466 e. The Morgan fingerprint density at radius 3 is 2.48 bits per heavy atom. The number of amides is 2. The van der Waals surface area contributed by atoms with E-state index in [1.54, 1.807) is 4.90 Å². The molecule has 27 heavy (non-hydrogen) atoms. The zero-order valence-electron chi connectivity index (χ0n) is 14.6. The third-order valence-electron chi connectivity index (χ3n) is 4.63. The number of hydrogen-bond acceptors (Lipinski definition) is 6. The van der Waals surface area contributed by atoms with E-state index in [1.807, 2.05) is 30.3 Å². The number of carbonyl (C=O) groups is 3. The van der Waals surface area contributed by atoms with Gasteiger partial charge in [-0.05, 0) is 18.4 Å². The fourth-order valence-electron chi connectivity index (χ4n) is 3.25. The summed E-state index contributed by atoms with van der Waals surface area (Å²) in [6.07, 6.45) is -0.249. The Morgan fingerprint density at radius 2 is 1.85 bits per heavy atom. The van der Waals surface area contributed by atoms with Crippen LogP contribution < -0.4 is 0 Å². The number of rotatable bonds is 4. The van der Waals surface area contributed by atoms with Gasteiger partial charge in [0, 0.05) is 19.1 Å². The van der Waals surface area contributed by atoms with Gasteiger partial charge >= 0.3 is 12.1 Å². The molecule has 2 amide bonds. The molecule has 3 rings (SSSR count). The number of ether oxygens (including phenoxy) is 3. The van der Waals surface area contributed by atoms with E-state index < -0.39 is 12.2 Å². The summed E-state index contributed by atoms with van der Waals surface area (Å²) in [4.78, 5) is 39.1. The van der Waals surface area contributed by atoms with Crippen molar-refractivity contribution in [3.05, 3.63) is 35.9 Å². The monoisotopic (exact) mass is 378 g/mol. The Labute approximate surface area is 159 Å². The summed E-state index contributed by atoms with van der Waals surface area (Å²) in [5.41, 5.74) is 0.927. The highest BCUT2D eigenvalue weighted by atomic mass is 16.6. The molecule has 148 valence electrons. The molecule has 2 fully saturated rings. The molecule has 1 aromatic carbocycles. The van der Waals surface area contributed by atoms with Crippen LogP contribution in [0.5, 0.6) is 0 Å². The SMILES string of the molecule is C.COC(=O)[C@@H]1OCC(=O)N1C1CCN(C(=O)OCc2ccccc2)CC1. The molecule has 2 aliphatic heterocycles. The van der Waals surface area contributed by atoms with Gasteiger partial charge in [-0.15, -0.1) is 0 Å². The minimum atomic E-state index is -0.992. The number of nitrogens with zero attached hydrogens (tertiary/aromatic N) is 2. The molecule has 0 saturated carbocycles. The van der Waals surface area contributed by atoms with E-state index in [2.05, 4.69) is 0 Å². The summed E-state index contributed by atoms with van der Waals surface area (Å²) in [6.45, 7) is 1.01. The van der Waals surface area contributed by atoms with Crippen LogP contribution in [0.25, 0.3) is 0 Å². The molecular formula is C19H26N2O6. The lowest BCUT2D eigenvalue weighted by atomic mass is 10.0. The van der Waals surface area contributed by atoms with E-state index in [0.717, 1.165) is 5.56 Å². The lowest BCUT2D eigenvalue weighted by Gasteiger charge is -2.37. The minimum absolute atomic E-state index is 0. The van der Waals surface area contributed by atoms with Gasteiger partial charge < -0.3 is 24.0 Å². The largest absolute Gasteiger partial charge is 0.466 e. The average molecular weight is 378 g/mol. The maximum absolute atomic E-state index is 12.2. The van der Waals surface area contributed by atoms with Crippen LogP contribution in [0, 0.1) is 0 Å². The van der Waals surface area contributed by atoms with E-state index in [9.17, 15) is 14.4 Å². The fraction of sp³-hybridized carbons (Fsp3) is 0.526. The van der Waals surface area contributed by atoms with E-state index in [4.69, 9.17) is 14.2 Å². The van der Waals surface area contributed by atoms with E-state index >= 15 is 0 Å². The lowest BCUT2D eigenvalue weighted by Crippen LogP contribution is -2.52. The predicted molar refractivity (Wildman–Crippen MR) is 96.6 cm³/mol. The maximum atomic E-state index is 12.2. The third kappa shape index (κ3) is 4.77. The number of likely N-dealkylation sites (tertiary alicyclic amines) is 1. The standard InChI is InChI=1S/C18H22N2O6.CH4/c1-24-17(22)16-20(15(21)12-25-16)14-7-9-19(10-8-14)18(23)26-11-13-5-3-2-4-6-13;/h2-6,14,16H,7-12H2,1H3;1H4/t16-;/m0./s1. The Morgan fingerprint density at radius 1 is 1.19 bits per heavy atom. The quantitative estimate of drug-likeness (QED) is 0.743. The van der Waals surface area contributed by atoms with Crippen LogP contribution in [0.1, 0.15) is 25.8 Å². The normalized spacial score (nSPS) is 20.2. The molecular weight excluding hydrogens is 352 g/mol. The van der Waals surface area contributed by atoms with Crippen molar-refractivity contribution >= 4 is 18.0 Å². The van der Waals surface area contributed by atoms with Gasteiger partial charge in [0.05, 0.1) is 7.11 Å². The second kappa shape index (κ2) is 9.36.